The Bertz CT molecular complexity index is 804. The smallest absolute Gasteiger partial charge is 0.152 e. The SMILES string of the molecule is C=CC(=NCCCCC1CCN(c2cc(NSCCO)ccc2C=O)CC1)N/C(=C\C)NC. The highest BCUT2D eigenvalue weighted by atomic mass is 32.2. The van der Waals surface area contributed by atoms with Crippen LogP contribution in [0.1, 0.15) is 49.4 Å². The van der Waals surface area contributed by atoms with Gasteiger partial charge >= 0.3 is 0 Å². The van der Waals surface area contributed by atoms with Crippen molar-refractivity contribution in [3.05, 3.63) is 48.3 Å². The maximum atomic E-state index is 11.6. The summed E-state index contributed by atoms with van der Waals surface area (Å²) < 4.78 is 3.24. The number of nitrogens with zero attached hydrogens (tertiary/aromatic N) is 2. The lowest BCUT2D eigenvalue weighted by Gasteiger charge is -2.34. The first kappa shape index (κ1) is 26.8. The summed E-state index contributed by atoms with van der Waals surface area (Å²) in [6, 6.07) is 5.84. The van der Waals surface area contributed by atoms with E-state index in [9.17, 15) is 4.79 Å². The molecule has 1 aliphatic rings. The third-order valence-electron chi connectivity index (χ3n) is 5.81. The highest BCUT2D eigenvalue weighted by Gasteiger charge is 2.21. The number of rotatable bonds is 14. The first-order chi connectivity index (χ1) is 16.1. The number of piperidine rings is 1. The molecule has 0 saturated carbocycles. The second-order valence-corrected chi connectivity index (χ2v) is 8.94. The quantitative estimate of drug-likeness (QED) is 0.106. The molecule has 0 bridgehead atoms. The molecule has 1 aromatic rings. The van der Waals surface area contributed by atoms with Gasteiger partial charge in [-0.15, -0.1) is 0 Å². The number of benzene rings is 1. The highest BCUT2D eigenvalue weighted by molar-refractivity contribution is 8.00. The van der Waals surface area contributed by atoms with Gasteiger partial charge in [-0.3, -0.25) is 9.79 Å². The van der Waals surface area contributed by atoms with E-state index >= 15 is 0 Å². The third-order valence-corrected chi connectivity index (χ3v) is 6.58. The number of anilines is 2. The second-order valence-electron chi connectivity index (χ2n) is 8.04. The number of aldehydes is 1. The van der Waals surface area contributed by atoms with E-state index in [1.165, 1.54) is 24.8 Å². The summed E-state index contributed by atoms with van der Waals surface area (Å²) >= 11 is 1.47. The van der Waals surface area contributed by atoms with Crippen LogP contribution < -0.4 is 20.3 Å². The zero-order valence-electron chi connectivity index (χ0n) is 20.0. The van der Waals surface area contributed by atoms with Crippen LogP contribution in [0.2, 0.25) is 0 Å². The molecule has 182 valence electrons. The van der Waals surface area contributed by atoms with E-state index in [1.807, 2.05) is 38.2 Å². The van der Waals surface area contributed by atoms with Crippen LogP contribution in [-0.2, 0) is 0 Å². The molecule has 0 spiro atoms. The standard InChI is InChI=1S/C25H39N5O2S/c1-4-24(26-3)28-25(5-2)27-13-7-6-8-20-11-14-30(15-12-20)23-18-22(29-33-17-16-31)10-9-21(23)19-32/h4-5,9-10,18-20,26,29,31H,2,6-8,11-17H2,1,3H3,(H,27,28)/b24-4-. The summed E-state index contributed by atoms with van der Waals surface area (Å²) in [5, 5.41) is 15.3. The van der Waals surface area contributed by atoms with Crippen molar-refractivity contribution >= 4 is 35.4 Å². The first-order valence-electron chi connectivity index (χ1n) is 11.8. The number of carbonyl (C=O) groups is 1. The number of aliphatic hydroxyl groups is 1. The van der Waals surface area contributed by atoms with Crippen molar-refractivity contribution in [3.63, 3.8) is 0 Å². The average molecular weight is 474 g/mol. The van der Waals surface area contributed by atoms with Gasteiger partial charge in [0.25, 0.3) is 0 Å². The number of aliphatic hydroxyl groups excluding tert-OH is 1. The Kier molecular flexibility index (Phi) is 12.5. The van der Waals surface area contributed by atoms with Crippen LogP contribution in [0.4, 0.5) is 11.4 Å². The van der Waals surface area contributed by atoms with Crippen LogP contribution in [0.15, 0.2) is 47.7 Å². The largest absolute Gasteiger partial charge is 0.395 e. The van der Waals surface area contributed by atoms with E-state index in [0.29, 0.717) is 5.75 Å². The fraction of sp³-hybridized carbons (Fsp3) is 0.520. The maximum Gasteiger partial charge on any atom is 0.152 e. The Balaban J connectivity index is 1.77. The lowest BCUT2D eigenvalue weighted by Crippen LogP contribution is -2.34. The normalized spacial score (nSPS) is 15.3. The van der Waals surface area contributed by atoms with Gasteiger partial charge in [-0.05, 0) is 62.5 Å². The first-order valence-corrected chi connectivity index (χ1v) is 12.7. The van der Waals surface area contributed by atoms with Gasteiger partial charge < -0.3 is 25.4 Å². The Labute approximate surface area is 202 Å². The molecule has 2 rings (SSSR count). The lowest BCUT2D eigenvalue weighted by atomic mass is 9.91. The van der Waals surface area contributed by atoms with Crippen LogP contribution in [-0.4, -0.2) is 56.3 Å². The van der Waals surface area contributed by atoms with Crippen LogP contribution >= 0.6 is 11.9 Å². The summed E-state index contributed by atoms with van der Waals surface area (Å²) in [5.41, 5.74) is 2.69. The molecule has 33 heavy (non-hydrogen) atoms. The zero-order valence-corrected chi connectivity index (χ0v) is 20.8. The van der Waals surface area contributed by atoms with Gasteiger partial charge in [0.1, 0.15) is 5.84 Å². The summed E-state index contributed by atoms with van der Waals surface area (Å²) in [6.07, 6.45) is 10.4. The number of nitrogens with one attached hydrogen (secondary N) is 3. The molecule has 7 nitrogen and oxygen atoms in total. The van der Waals surface area contributed by atoms with Gasteiger partial charge in [-0.25, -0.2) is 0 Å². The molecule has 1 heterocycles. The van der Waals surface area contributed by atoms with Gasteiger partial charge in [0, 0.05) is 49.4 Å². The lowest BCUT2D eigenvalue weighted by molar-refractivity contribution is 0.112. The van der Waals surface area contributed by atoms with E-state index in [0.717, 1.165) is 79.7 Å². The number of allylic oxidation sites excluding steroid dienone is 1. The van der Waals surface area contributed by atoms with Gasteiger partial charge in [0.15, 0.2) is 6.29 Å². The molecule has 8 heteroatoms. The Morgan fingerprint density at radius 3 is 2.76 bits per heavy atom. The van der Waals surface area contributed by atoms with Gasteiger partial charge in [-0.1, -0.05) is 31.4 Å². The van der Waals surface area contributed by atoms with Crippen LogP contribution in [0.5, 0.6) is 0 Å². The minimum atomic E-state index is 0.136. The fourth-order valence-corrected chi connectivity index (χ4v) is 4.43. The van der Waals surface area contributed by atoms with E-state index in [-0.39, 0.29) is 6.61 Å². The van der Waals surface area contributed by atoms with Gasteiger partial charge in [0.05, 0.1) is 12.4 Å². The average Bonchev–Trinajstić information content (AvgIpc) is 2.86. The van der Waals surface area contributed by atoms with Crippen molar-refractivity contribution < 1.29 is 9.90 Å². The van der Waals surface area contributed by atoms with Crippen LogP contribution in [0.25, 0.3) is 0 Å². The molecule has 0 aromatic heterocycles. The molecule has 1 saturated heterocycles. The van der Waals surface area contributed by atoms with Gasteiger partial charge in [0.2, 0.25) is 0 Å². The topological polar surface area (TPSA) is 89.0 Å². The number of hydrogen-bond acceptors (Lipinski definition) is 7. The summed E-state index contributed by atoms with van der Waals surface area (Å²) in [4.78, 5) is 18.5. The summed E-state index contributed by atoms with van der Waals surface area (Å²) in [5.74, 6) is 3.06. The van der Waals surface area contributed by atoms with Crippen molar-refractivity contribution in [2.45, 2.75) is 39.0 Å². The minimum absolute atomic E-state index is 0.136. The van der Waals surface area contributed by atoms with Gasteiger partial charge in [-0.2, -0.15) is 0 Å². The van der Waals surface area contributed by atoms with E-state index in [4.69, 9.17) is 5.11 Å². The molecule has 0 amide bonds. The van der Waals surface area contributed by atoms with E-state index < -0.39 is 0 Å². The number of amidine groups is 1. The fourth-order valence-electron chi connectivity index (χ4n) is 3.94. The third kappa shape index (κ3) is 9.14. The number of unbranched alkanes of at least 4 members (excludes halogenated alkanes) is 1. The molecule has 0 atom stereocenters. The summed E-state index contributed by atoms with van der Waals surface area (Å²) in [6.45, 7) is 8.67. The van der Waals surface area contributed by atoms with Crippen molar-refractivity contribution in [1.29, 1.82) is 0 Å². The van der Waals surface area contributed by atoms with Crippen molar-refractivity contribution in [2.24, 2.45) is 10.9 Å². The zero-order chi connectivity index (χ0) is 23.9. The Hall–Kier alpha value is -2.45. The molecular formula is C25H39N5O2S. The van der Waals surface area contributed by atoms with Crippen molar-refractivity contribution in [3.8, 4) is 0 Å². The molecular weight excluding hydrogens is 434 g/mol. The number of aliphatic imine (C=N–C) groups is 1. The molecule has 1 aromatic carbocycles. The minimum Gasteiger partial charge on any atom is -0.395 e. The predicted octanol–water partition coefficient (Wildman–Crippen LogP) is 4.19. The van der Waals surface area contributed by atoms with E-state index in [1.54, 1.807) is 6.08 Å². The Morgan fingerprint density at radius 2 is 2.12 bits per heavy atom. The van der Waals surface area contributed by atoms with Crippen molar-refractivity contribution in [2.75, 3.05) is 48.7 Å². The molecule has 1 aliphatic heterocycles. The molecule has 1 fully saturated rings. The molecule has 0 unspecified atom stereocenters. The Morgan fingerprint density at radius 1 is 1.33 bits per heavy atom. The molecule has 0 aliphatic carbocycles. The number of hydrogen-bond donors (Lipinski definition) is 4. The number of carbonyl (C=O) groups excluding carboxylic acids is 1. The second kappa shape index (κ2) is 15.4. The highest BCUT2D eigenvalue weighted by Crippen LogP contribution is 2.30. The van der Waals surface area contributed by atoms with Crippen molar-refractivity contribution in [1.82, 2.24) is 10.6 Å². The van der Waals surface area contributed by atoms with E-state index in [2.05, 4.69) is 31.8 Å². The maximum absolute atomic E-state index is 11.6. The monoisotopic (exact) mass is 473 g/mol. The predicted molar refractivity (Wildman–Crippen MR) is 142 cm³/mol. The molecule has 0 radical (unpaired) electrons. The van der Waals surface area contributed by atoms with Crippen LogP contribution in [0.3, 0.4) is 0 Å². The van der Waals surface area contributed by atoms with Crippen LogP contribution in [0, 0.1) is 5.92 Å². The summed E-state index contributed by atoms with van der Waals surface area (Å²) in [7, 11) is 1.88. The molecule has 4 N–H and O–H groups in total.